The molecule has 0 atom stereocenters. The Morgan fingerprint density at radius 2 is 1.88 bits per heavy atom. The highest BCUT2D eigenvalue weighted by atomic mass is 16.5. The molecule has 8 nitrogen and oxygen atoms in total. The van der Waals surface area contributed by atoms with E-state index in [1.807, 2.05) is 36.9 Å². The normalized spacial score (nSPS) is 12.8. The van der Waals surface area contributed by atoms with E-state index in [1.54, 1.807) is 24.3 Å². The van der Waals surface area contributed by atoms with Crippen molar-refractivity contribution in [3.05, 3.63) is 76.7 Å². The standard InChI is InChI=1S/C24H26N4O4/c1-16-21(17(2)32-27-16)15-31-20-11-9-19(10-12-20)24(30)26-25-23(29)14-28-13-5-7-18-6-3-4-8-22(18)28/h3-4,6,8-12H,5,7,13-15H2,1-2H3,(H,25,29)(H,26,30). The van der Waals surface area contributed by atoms with E-state index in [-0.39, 0.29) is 12.5 Å². The fourth-order valence-electron chi connectivity index (χ4n) is 3.75. The number of carbonyl (C=O) groups is 2. The molecule has 2 aromatic carbocycles. The van der Waals surface area contributed by atoms with Crippen LogP contribution >= 0.6 is 0 Å². The van der Waals surface area contributed by atoms with Gasteiger partial charge in [0.1, 0.15) is 18.1 Å². The Hall–Kier alpha value is -3.81. The van der Waals surface area contributed by atoms with E-state index in [4.69, 9.17) is 9.26 Å². The molecule has 8 heteroatoms. The monoisotopic (exact) mass is 434 g/mol. The summed E-state index contributed by atoms with van der Waals surface area (Å²) in [5, 5.41) is 3.90. The minimum Gasteiger partial charge on any atom is -0.489 e. The number of ether oxygens (including phenoxy) is 1. The molecule has 0 radical (unpaired) electrons. The average Bonchev–Trinajstić information content (AvgIpc) is 3.13. The summed E-state index contributed by atoms with van der Waals surface area (Å²) in [6.45, 7) is 5.04. The van der Waals surface area contributed by atoms with E-state index >= 15 is 0 Å². The number of aryl methyl sites for hydroxylation is 3. The Kier molecular flexibility index (Phi) is 6.39. The van der Waals surface area contributed by atoms with Crippen molar-refractivity contribution < 1.29 is 18.8 Å². The van der Waals surface area contributed by atoms with Crippen molar-refractivity contribution in [2.75, 3.05) is 18.0 Å². The van der Waals surface area contributed by atoms with E-state index in [0.29, 0.717) is 17.9 Å². The third-order valence-corrected chi connectivity index (χ3v) is 5.54. The van der Waals surface area contributed by atoms with Gasteiger partial charge in [0.2, 0.25) is 0 Å². The van der Waals surface area contributed by atoms with Crippen molar-refractivity contribution in [1.29, 1.82) is 0 Å². The third-order valence-electron chi connectivity index (χ3n) is 5.54. The number of fused-ring (bicyclic) bond motifs is 1. The molecule has 2 amide bonds. The molecule has 1 aromatic heterocycles. The highest BCUT2D eigenvalue weighted by Gasteiger charge is 2.19. The van der Waals surface area contributed by atoms with Gasteiger partial charge in [-0.25, -0.2) is 0 Å². The van der Waals surface area contributed by atoms with Crippen molar-refractivity contribution in [2.24, 2.45) is 0 Å². The van der Waals surface area contributed by atoms with E-state index in [9.17, 15) is 9.59 Å². The minimum absolute atomic E-state index is 0.186. The number of para-hydroxylation sites is 1. The zero-order chi connectivity index (χ0) is 22.5. The van der Waals surface area contributed by atoms with Gasteiger partial charge in [-0.15, -0.1) is 0 Å². The summed E-state index contributed by atoms with van der Waals surface area (Å²) in [4.78, 5) is 26.8. The lowest BCUT2D eigenvalue weighted by atomic mass is 10.0. The summed E-state index contributed by atoms with van der Waals surface area (Å²) < 4.78 is 10.9. The van der Waals surface area contributed by atoms with Crippen molar-refractivity contribution in [2.45, 2.75) is 33.3 Å². The van der Waals surface area contributed by atoms with Crippen LogP contribution in [0.25, 0.3) is 0 Å². The van der Waals surface area contributed by atoms with Crippen LogP contribution in [0.5, 0.6) is 5.75 Å². The lowest BCUT2D eigenvalue weighted by Crippen LogP contribution is -2.47. The second kappa shape index (κ2) is 9.55. The van der Waals surface area contributed by atoms with Crippen LogP contribution in [0.4, 0.5) is 5.69 Å². The Labute approximate surface area is 186 Å². The molecule has 0 aliphatic carbocycles. The maximum atomic E-state index is 12.4. The quantitative estimate of drug-likeness (QED) is 0.579. The molecule has 0 spiro atoms. The highest BCUT2D eigenvalue weighted by Crippen LogP contribution is 2.26. The Morgan fingerprint density at radius 3 is 2.62 bits per heavy atom. The first-order valence-corrected chi connectivity index (χ1v) is 10.6. The minimum atomic E-state index is -0.394. The van der Waals surface area contributed by atoms with Crippen LogP contribution in [0.15, 0.2) is 53.1 Å². The van der Waals surface area contributed by atoms with Gasteiger partial charge in [0.05, 0.1) is 17.8 Å². The Balaban J connectivity index is 1.26. The largest absolute Gasteiger partial charge is 0.489 e. The van der Waals surface area contributed by atoms with Crippen molar-refractivity contribution >= 4 is 17.5 Å². The summed E-state index contributed by atoms with van der Waals surface area (Å²) in [5.41, 5.74) is 9.41. The van der Waals surface area contributed by atoms with Crippen LogP contribution in [-0.4, -0.2) is 30.1 Å². The molecule has 2 N–H and O–H groups in total. The van der Waals surface area contributed by atoms with Crippen LogP contribution in [0.3, 0.4) is 0 Å². The Bertz CT molecular complexity index is 1090. The van der Waals surface area contributed by atoms with Crippen LogP contribution < -0.4 is 20.5 Å². The number of nitrogens with zero attached hydrogens (tertiary/aromatic N) is 2. The summed E-state index contributed by atoms with van der Waals surface area (Å²) in [6, 6.07) is 14.8. The zero-order valence-corrected chi connectivity index (χ0v) is 18.2. The maximum Gasteiger partial charge on any atom is 0.269 e. The molecule has 0 saturated heterocycles. The van der Waals surface area contributed by atoms with Crippen molar-refractivity contribution in [3.63, 3.8) is 0 Å². The number of hydrazine groups is 1. The van der Waals surface area contributed by atoms with E-state index in [0.717, 1.165) is 42.1 Å². The van der Waals surface area contributed by atoms with Gasteiger partial charge in [-0.05, 0) is 62.6 Å². The van der Waals surface area contributed by atoms with Gasteiger partial charge in [-0.1, -0.05) is 23.4 Å². The van der Waals surface area contributed by atoms with Gasteiger partial charge in [0, 0.05) is 17.8 Å². The second-order valence-corrected chi connectivity index (χ2v) is 7.77. The molecule has 0 fully saturated rings. The van der Waals surface area contributed by atoms with E-state index in [1.165, 1.54) is 5.56 Å². The average molecular weight is 434 g/mol. The molecule has 1 aliphatic heterocycles. The second-order valence-electron chi connectivity index (χ2n) is 7.77. The number of benzene rings is 2. The number of amides is 2. The first-order valence-electron chi connectivity index (χ1n) is 10.6. The molecule has 0 saturated carbocycles. The van der Waals surface area contributed by atoms with Gasteiger partial charge in [0.15, 0.2) is 0 Å². The lowest BCUT2D eigenvalue weighted by Gasteiger charge is -2.30. The SMILES string of the molecule is Cc1noc(C)c1COc1ccc(C(=O)NNC(=O)CN2CCCc3ccccc32)cc1. The Morgan fingerprint density at radius 1 is 1.09 bits per heavy atom. The number of nitrogens with one attached hydrogen (secondary N) is 2. The van der Waals surface area contributed by atoms with Crippen molar-refractivity contribution in [1.82, 2.24) is 16.0 Å². The van der Waals surface area contributed by atoms with E-state index < -0.39 is 5.91 Å². The highest BCUT2D eigenvalue weighted by molar-refractivity contribution is 5.95. The first-order chi connectivity index (χ1) is 15.5. The van der Waals surface area contributed by atoms with Crippen LogP contribution in [0.1, 0.15) is 39.4 Å². The van der Waals surface area contributed by atoms with Gasteiger partial charge in [0.25, 0.3) is 11.8 Å². The molecule has 32 heavy (non-hydrogen) atoms. The smallest absolute Gasteiger partial charge is 0.269 e. The number of rotatable bonds is 6. The molecule has 166 valence electrons. The topological polar surface area (TPSA) is 96.7 Å². The maximum absolute atomic E-state index is 12.4. The van der Waals surface area contributed by atoms with Gasteiger partial charge < -0.3 is 14.2 Å². The van der Waals surface area contributed by atoms with Gasteiger partial charge >= 0.3 is 0 Å². The fraction of sp³-hybridized carbons (Fsp3) is 0.292. The van der Waals surface area contributed by atoms with Crippen molar-refractivity contribution in [3.8, 4) is 5.75 Å². The summed E-state index contributed by atoms with van der Waals surface area (Å²) >= 11 is 0. The molecule has 0 unspecified atom stereocenters. The molecular weight excluding hydrogens is 408 g/mol. The third kappa shape index (κ3) is 4.91. The molecule has 2 heterocycles. The molecule has 4 rings (SSSR count). The fourth-order valence-corrected chi connectivity index (χ4v) is 3.75. The molecule has 3 aromatic rings. The number of aromatic nitrogens is 1. The van der Waals surface area contributed by atoms with Gasteiger partial charge in [-0.2, -0.15) is 0 Å². The van der Waals surface area contributed by atoms with Crippen LogP contribution in [0.2, 0.25) is 0 Å². The lowest BCUT2D eigenvalue weighted by molar-refractivity contribution is -0.120. The van der Waals surface area contributed by atoms with Crippen LogP contribution in [0, 0.1) is 13.8 Å². The number of carbonyl (C=O) groups excluding carboxylic acids is 2. The number of anilines is 1. The zero-order valence-electron chi connectivity index (χ0n) is 18.2. The summed E-state index contributed by atoms with van der Waals surface area (Å²) in [6.07, 6.45) is 2.02. The summed E-state index contributed by atoms with van der Waals surface area (Å²) in [5.74, 6) is 0.681. The number of hydrogen-bond acceptors (Lipinski definition) is 6. The number of hydrogen-bond donors (Lipinski definition) is 2. The first kappa shape index (κ1) is 21.4. The molecule has 0 bridgehead atoms. The summed E-state index contributed by atoms with van der Waals surface area (Å²) in [7, 11) is 0. The molecular formula is C24H26N4O4. The predicted octanol–water partition coefficient (Wildman–Crippen LogP) is 3.08. The van der Waals surface area contributed by atoms with Gasteiger partial charge in [-0.3, -0.25) is 20.4 Å². The molecule has 1 aliphatic rings. The van der Waals surface area contributed by atoms with E-state index in [2.05, 4.69) is 22.1 Å². The van der Waals surface area contributed by atoms with Crippen LogP contribution in [-0.2, 0) is 17.8 Å². The predicted molar refractivity (Wildman–Crippen MR) is 119 cm³/mol.